The van der Waals surface area contributed by atoms with E-state index in [0.717, 1.165) is 5.56 Å². The van der Waals surface area contributed by atoms with E-state index in [9.17, 15) is 19.2 Å². The normalized spacial score (nSPS) is 12.5. The van der Waals surface area contributed by atoms with Gasteiger partial charge in [0, 0.05) is 6.42 Å². The van der Waals surface area contributed by atoms with Crippen LogP contribution in [0.15, 0.2) is 30.3 Å². The Kier molecular flexibility index (Phi) is 7.97. The number of ether oxygens (including phenoxy) is 1. The minimum absolute atomic E-state index is 0.144. The first-order chi connectivity index (χ1) is 11.5. The quantitative estimate of drug-likeness (QED) is 0.404. The molecule has 1 aromatic carbocycles. The van der Waals surface area contributed by atoms with Crippen LogP contribution in [-0.4, -0.2) is 48.1 Å². The van der Waals surface area contributed by atoms with Crippen LogP contribution >= 0.6 is 0 Å². The average molecular weight is 336 g/mol. The highest BCUT2D eigenvalue weighted by molar-refractivity contribution is 5.91. The number of hydrogen-bond acceptors (Lipinski definition) is 5. The van der Waals surface area contributed by atoms with Crippen LogP contribution in [0.4, 0.5) is 0 Å². The molecular weight excluding hydrogens is 316 g/mol. The van der Waals surface area contributed by atoms with Crippen LogP contribution in [0.2, 0.25) is 0 Å². The van der Waals surface area contributed by atoms with Crippen molar-refractivity contribution < 1.29 is 29.0 Å². The van der Waals surface area contributed by atoms with Gasteiger partial charge in [-0.25, -0.2) is 4.79 Å². The van der Waals surface area contributed by atoms with E-state index >= 15 is 0 Å². The number of carbonyl (C=O) groups is 4. The van der Waals surface area contributed by atoms with Crippen molar-refractivity contribution in [2.24, 2.45) is 0 Å². The molecule has 0 aliphatic heterocycles. The molecule has 0 fully saturated rings. The van der Waals surface area contributed by atoms with Crippen LogP contribution in [0.3, 0.4) is 0 Å². The van der Waals surface area contributed by atoms with Gasteiger partial charge >= 0.3 is 11.9 Å². The van der Waals surface area contributed by atoms with Crippen LogP contribution in [0.5, 0.6) is 0 Å². The number of carboxylic acid groups (broad SMARTS) is 1. The second-order valence-corrected chi connectivity index (χ2v) is 4.94. The van der Waals surface area contributed by atoms with E-state index in [0.29, 0.717) is 0 Å². The van der Waals surface area contributed by atoms with Crippen molar-refractivity contribution >= 4 is 24.3 Å². The van der Waals surface area contributed by atoms with E-state index in [1.54, 1.807) is 31.2 Å². The number of esters is 1. The van der Waals surface area contributed by atoms with Gasteiger partial charge in [-0.2, -0.15) is 0 Å². The van der Waals surface area contributed by atoms with Crippen LogP contribution in [0, 0.1) is 0 Å². The molecular formula is C16H20N2O6. The van der Waals surface area contributed by atoms with Gasteiger partial charge < -0.3 is 20.5 Å². The van der Waals surface area contributed by atoms with Crippen LogP contribution in [0.1, 0.15) is 18.9 Å². The zero-order chi connectivity index (χ0) is 17.9. The summed E-state index contributed by atoms with van der Waals surface area (Å²) in [5, 5.41) is 13.4. The molecule has 0 spiro atoms. The molecule has 24 heavy (non-hydrogen) atoms. The molecule has 3 N–H and O–H groups in total. The summed E-state index contributed by atoms with van der Waals surface area (Å²) in [7, 11) is 0. The monoisotopic (exact) mass is 336 g/mol. The maximum absolute atomic E-state index is 12.2. The minimum atomic E-state index is -1.27. The van der Waals surface area contributed by atoms with Gasteiger partial charge in [0.15, 0.2) is 0 Å². The number of amides is 2. The number of rotatable bonds is 10. The molecule has 8 heteroatoms. The van der Waals surface area contributed by atoms with Gasteiger partial charge in [0.2, 0.25) is 12.3 Å². The first kappa shape index (κ1) is 19.1. The molecule has 0 aliphatic carbocycles. The molecule has 0 bridgehead atoms. The van der Waals surface area contributed by atoms with E-state index in [-0.39, 0.29) is 19.4 Å². The highest BCUT2D eigenvalue weighted by Gasteiger charge is 2.27. The smallest absolute Gasteiger partial charge is 0.328 e. The topological polar surface area (TPSA) is 122 Å². The number of aliphatic carboxylic acids is 1. The predicted octanol–water partition coefficient (Wildman–Crippen LogP) is -0.134. The Labute approximate surface area is 139 Å². The molecule has 0 radical (unpaired) electrons. The van der Waals surface area contributed by atoms with E-state index in [2.05, 4.69) is 10.6 Å². The third kappa shape index (κ3) is 6.47. The van der Waals surface area contributed by atoms with Crippen LogP contribution in [-0.2, 0) is 30.3 Å². The van der Waals surface area contributed by atoms with Crippen molar-refractivity contribution in [3.05, 3.63) is 35.9 Å². The van der Waals surface area contributed by atoms with Gasteiger partial charge in [0.05, 0.1) is 13.0 Å². The SMILES string of the molecule is CCOC(=O)[C@H](Cc1ccccc1)NC(=O)[C@H](CC(=O)O)NC=O. The summed E-state index contributed by atoms with van der Waals surface area (Å²) < 4.78 is 4.94. The van der Waals surface area contributed by atoms with Crippen molar-refractivity contribution in [1.82, 2.24) is 10.6 Å². The summed E-state index contributed by atoms with van der Waals surface area (Å²) >= 11 is 0. The van der Waals surface area contributed by atoms with Gasteiger partial charge in [-0.05, 0) is 12.5 Å². The molecule has 0 heterocycles. The van der Waals surface area contributed by atoms with Crippen LogP contribution in [0.25, 0.3) is 0 Å². The summed E-state index contributed by atoms with van der Waals surface area (Å²) in [5.41, 5.74) is 0.800. The summed E-state index contributed by atoms with van der Waals surface area (Å²) in [4.78, 5) is 45.5. The van der Waals surface area contributed by atoms with Crippen molar-refractivity contribution in [2.75, 3.05) is 6.61 Å². The van der Waals surface area contributed by atoms with E-state index in [1.165, 1.54) is 0 Å². The number of hydrogen-bond donors (Lipinski definition) is 3. The summed E-state index contributed by atoms with van der Waals surface area (Å²) in [6, 6.07) is 6.73. The molecule has 2 amide bonds. The number of benzene rings is 1. The standard InChI is InChI=1S/C16H20N2O6/c1-2-24-16(23)13(8-11-6-4-3-5-7-11)18-15(22)12(17-10-19)9-14(20)21/h3-7,10,12-13H,2,8-9H2,1H3,(H,17,19)(H,18,22)(H,20,21)/t12-,13-/m0/s1. The summed E-state index contributed by atoms with van der Waals surface area (Å²) in [5.74, 6) is -2.64. The molecule has 2 atom stereocenters. The molecule has 8 nitrogen and oxygen atoms in total. The fourth-order valence-electron chi connectivity index (χ4n) is 2.04. The third-order valence-corrected chi connectivity index (χ3v) is 3.13. The van der Waals surface area contributed by atoms with Gasteiger partial charge in [-0.15, -0.1) is 0 Å². The molecule has 0 saturated heterocycles. The molecule has 1 rings (SSSR count). The molecule has 0 aromatic heterocycles. The summed E-state index contributed by atoms with van der Waals surface area (Å²) in [6.07, 6.45) is -0.165. The lowest BCUT2D eigenvalue weighted by atomic mass is 10.1. The first-order valence-electron chi connectivity index (χ1n) is 7.40. The fraction of sp³-hybridized carbons (Fsp3) is 0.375. The molecule has 130 valence electrons. The minimum Gasteiger partial charge on any atom is -0.481 e. The van der Waals surface area contributed by atoms with E-state index in [1.807, 2.05) is 6.07 Å². The zero-order valence-electron chi connectivity index (χ0n) is 13.2. The van der Waals surface area contributed by atoms with Gasteiger partial charge in [0.25, 0.3) is 0 Å². The lowest BCUT2D eigenvalue weighted by Crippen LogP contribution is -2.51. The van der Waals surface area contributed by atoms with Gasteiger partial charge in [-0.1, -0.05) is 30.3 Å². The van der Waals surface area contributed by atoms with Crippen molar-refractivity contribution in [1.29, 1.82) is 0 Å². The molecule has 0 saturated carbocycles. The molecule has 0 aliphatic rings. The second kappa shape index (κ2) is 9.98. The Hall–Kier alpha value is -2.90. The van der Waals surface area contributed by atoms with E-state index in [4.69, 9.17) is 9.84 Å². The van der Waals surface area contributed by atoms with Gasteiger partial charge in [-0.3, -0.25) is 14.4 Å². The Morgan fingerprint density at radius 2 is 1.88 bits per heavy atom. The van der Waals surface area contributed by atoms with Crippen molar-refractivity contribution in [2.45, 2.75) is 31.8 Å². The molecule has 0 unspecified atom stereocenters. The zero-order valence-corrected chi connectivity index (χ0v) is 13.2. The average Bonchev–Trinajstić information content (AvgIpc) is 2.54. The van der Waals surface area contributed by atoms with Gasteiger partial charge in [0.1, 0.15) is 12.1 Å². The van der Waals surface area contributed by atoms with Crippen molar-refractivity contribution in [3.63, 3.8) is 0 Å². The number of carboxylic acids is 1. The maximum atomic E-state index is 12.2. The Balaban J connectivity index is 2.85. The highest BCUT2D eigenvalue weighted by Crippen LogP contribution is 2.06. The largest absolute Gasteiger partial charge is 0.481 e. The Morgan fingerprint density at radius 1 is 1.21 bits per heavy atom. The highest BCUT2D eigenvalue weighted by atomic mass is 16.5. The maximum Gasteiger partial charge on any atom is 0.328 e. The van der Waals surface area contributed by atoms with E-state index < -0.39 is 36.4 Å². The predicted molar refractivity (Wildman–Crippen MR) is 84.0 cm³/mol. The Morgan fingerprint density at radius 3 is 2.42 bits per heavy atom. The third-order valence-electron chi connectivity index (χ3n) is 3.13. The summed E-state index contributed by atoms with van der Waals surface area (Å²) in [6.45, 7) is 1.78. The first-order valence-corrected chi connectivity index (χ1v) is 7.40. The number of nitrogens with one attached hydrogen (secondary N) is 2. The van der Waals surface area contributed by atoms with Crippen molar-refractivity contribution in [3.8, 4) is 0 Å². The lowest BCUT2D eigenvalue weighted by Gasteiger charge is -2.20. The second-order valence-electron chi connectivity index (χ2n) is 4.94. The molecule has 1 aromatic rings. The number of carbonyl (C=O) groups excluding carboxylic acids is 3. The lowest BCUT2D eigenvalue weighted by molar-refractivity contribution is -0.147. The fourth-order valence-corrected chi connectivity index (χ4v) is 2.04. The van der Waals surface area contributed by atoms with Crippen LogP contribution < -0.4 is 10.6 Å². The Bertz CT molecular complexity index is 575.